The van der Waals surface area contributed by atoms with E-state index in [0.717, 1.165) is 5.56 Å². The van der Waals surface area contributed by atoms with E-state index in [2.05, 4.69) is 10.3 Å². The number of fused-ring (bicyclic) bond motifs is 1. The standard InChI is InChI=1S/C22H22ClFN2O4/c1-4-29-22(27)15-12-25-18-11-20(30-8-7-28-3)16(23)10-14(18)21(15)26-19-9-13(2)5-6-17(19)24/h5-6,9-12H,4,7-8H2,1-3H3,(H,25,26). The Balaban J connectivity index is 2.13. The quantitative estimate of drug-likeness (QED) is 0.385. The lowest BCUT2D eigenvalue weighted by atomic mass is 10.1. The van der Waals surface area contributed by atoms with Crippen molar-refractivity contribution in [3.05, 3.63) is 58.5 Å². The molecule has 0 amide bonds. The van der Waals surface area contributed by atoms with Crippen molar-refractivity contribution in [1.82, 2.24) is 4.98 Å². The van der Waals surface area contributed by atoms with Crippen molar-refractivity contribution in [2.75, 3.05) is 32.2 Å². The monoisotopic (exact) mass is 432 g/mol. The summed E-state index contributed by atoms with van der Waals surface area (Å²) in [5.41, 5.74) is 2.14. The highest BCUT2D eigenvalue weighted by Crippen LogP contribution is 2.36. The summed E-state index contributed by atoms with van der Waals surface area (Å²) in [6.45, 7) is 4.48. The molecule has 1 heterocycles. The van der Waals surface area contributed by atoms with Gasteiger partial charge in [-0.2, -0.15) is 0 Å². The minimum atomic E-state index is -0.570. The Morgan fingerprint density at radius 2 is 2.03 bits per heavy atom. The lowest BCUT2D eigenvalue weighted by molar-refractivity contribution is 0.0527. The number of aromatic nitrogens is 1. The minimum absolute atomic E-state index is 0.175. The van der Waals surface area contributed by atoms with Gasteiger partial charge in [-0.3, -0.25) is 4.98 Å². The van der Waals surface area contributed by atoms with Gasteiger partial charge in [0.1, 0.15) is 23.7 Å². The first kappa shape index (κ1) is 21.8. The van der Waals surface area contributed by atoms with Crippen LogP contribution in [0.25, 0.3) is 10.9 Å². The SMILES string of the molecule is CCOC(=O)c1cnc2cc(OCCOC)c(Cl)cc2c1Nc1cc(C)ccc1F. The fraction of sp³-hybridized carbons (Fsp3) is 0.273. The lowest BCUT2D eigenvalue weighted by Gasteiger charge is -2.16. The molecule has 0 saturated carbocycles. The van der Waals surface area contributed by atoms with Crippen LogP contribution in [0.5, 0.6) is 5.75 Å². The average Bonchev–Trinajstić information content (AvgIpc) is 2.72. The van der Waals surface area contributed by atoms with Crippen molar-refractivity contribution < 1.29 is 23.4 Å². The molecule has 0 aliphatic rings. The van der Waals surface area contributed by atoms with Crippen LogP contribution in [0, 0.1) is 12.7 Å². The summed E-state index contributed by atoms with van der Waals surface area (Å²) in [6, 6.07) is 7.98. The van der Waals surface area contributed by atoms with Gasteiger partial charge in [0.05, 0.1) is 35.1 Å². The van der Waals surface area contributed by atoms with E-state index >= 15 is 0 Å². The molecule has 0 fully saturated rings. The number of carbonyl (C=O) groups excluding carboxylic acids is 1. The highest BCUT2D eigenvalue weighted by atomic mass is 35.5. The van der Waals surface area contributed by atoms with Gasteiger partial charge in [-0.05, 0) is 37.6 Å². The maximum absolute atomic E-state index is 14.4. The highest BCUT2D eigenvalue weighted by Gasteiger charge is 2.19. The molecule has 1 N–H and O–H groups in total. The van der Waals surface area contributed by atoms with Gasteiger partial charge in [0.2, 0.25) is 0 Å². The van der Waals surface area contributed by atoms with Crippen LogP contribution in [0.3, 0.4) is 0 Å². The summed E-state index contributed by atoms with van der Waals surface area (Å²) in [5.74, 6) is -0.588. The normalized spacial score (nSPS) is 10.8. The van der Waals surface area contributed by atoms with Crippen LogP contribution < -0.4 is 10.1 Å². The Bertz CT molecular complexity index is 1070. The number of carbonyl (C=O) groups is 1. The van der Waals surface area contributed by atoms with Gasteiger partial charge in [-0.15, -0.1) is 0 Å². The molecule has 30 heavy (non-hydrogen) atoms. The molecule has 0 saturated heterocycles. The van der Waals surface area contributed by atoms with Crippen LogP contribution in [0.2, 0.25) is 5.02 Å². The molecule has 8 heteroatoms. The molecule has 0 bridgehead atoms. The van der Waals surface area contributed by atoms with Crippen LogP contribution in [-0.4, -0.2) is 37.9 Å². The maximum atomic E-state index is 14.4. The number of methoxy groups -OCH3 is 1. The largest absolute Gasteiger partial charge is 0.490 e. The first-order valence-electron chi connectivity index (χ1n) is 9.38. The maximum Gasteiger partial charge on any atom is 0.341 e. The Morgan fingerprint density at radius 1 is 1.23 bits per heavy atom. The zero-order chi connectivity index (χ0) is 21.7. The third-order valence-electron chi connectivity index (χ3n) is 4.34. The van der Waals surface area contributed by atoms with E-state index in [1.54, 1.807) is 38.3 Å². The van der Waals surface area contributed by atoms with Crippen molar-refractivity contribution in [2.45, 2.75) is 13.8 Å². The van der Waals surface area contributed by atoms with Gasteiger partial charge >= 0.3 is 5.97 Å². The van der Waals surface area contributed by atoms with E-state index < -0.39 is 11.8 Å². The number of pyridine rings is 1. The van der Waals surface area contributed by atoms with Gasteiger partial charge in [0.15, 0.2) is 0 Å². The third kappa shape index (κ3) is 4.80. The number of nitrogens with one attached hydrogen (secondary N) is 1. The zero-order valence-electron chi connectivity index (χ0n) is 16.9. The summed E-state index contributed by atoms with van der Waals surface area (Å²) in [5, 5.41) is 3.89. The molecule has 0 unspecified atom stereocenters. The summed E-state index contributed by atoms with van der Waals surface area (Å²) < 4.78 is 30.2. The van der Waals surface area contributed by atoms with Gasteiger partial charge in [0, 0.05) is 24.8 Å². The lowest BCUT2D eigenvalue weighted by Crippen LogP contribution is -2.10. The molecule has 2 aromatic carbocycles. The smallest absolute Gasteiger partial charge is 0.341 e. The Morgan fingerprint density at radius 3 is 2.77 bits per heavy atom. The van der Waals surface area contributed by atoms with E-state index in [-0.39, 0.29) is 17.9 Å². The molecule has 158 valence electrons. The Labute approximate surface area is 178 Å². The first-order chi connectivity index (χ1) is 14.4. The van der Waals surface area contributed by atoms with Crippen molar-refractivity contribution >= 4 is 39.8 Å². The molecular formula is C22H22ClFN2O4. The molecule has 0 aliphatic heterocycles. The van der Waals surface area contributed by atoms with Gasteiger partial charge in [-0.1, -0.05) is 17.7 Å². The molecule has 6 nitrogen and oxygen atoms in total. The van der Waals surface area contributed by atoms with E-state index in [0.29, 0.717) is 40.6 Å². The molecule has 0 spiro atoms. The predicted octanol–water partition coefficient (Wildman–Crippen LogP) is 5.28. The zero-order valence-corrected chi connectivity index (χ0v) is 17.7. The van der Waals surface area contributed by atoms with Crippen molar-refractivity contribution in [3.8, 4) is 5.75 Å². The van der Waals surface area contributed by atoms with Crippen molar-refractivity contribution in [3.63, 3.8) is 0 Å². The van der Waals surface area contributed by atoms with Crippen LogP contribution in [-0.2, 0) is 9.47 Å². The number of anilines is 2. The summed E-state index contributed by atoms with van der Waals surface area (Å²) in [4.78, 5) is 16.9. The molecule has 0 radical (unpaired) electrons. The van der Waals surface area contributed by atoms with Crippen LogP contribution >= 0.6 is 11.6 Å². The number of rotatable bonds is 8. The molecule has 0 atom stereocenters. The fourth-order valence-corrected chi connectivity index (χ4v) is 3.13. The van der Waals surface area contributed by atoms with Crippen LogP contribution in [0.15, 0.2) is 36.5 Å². The second-order valence-corrected chi connectivity index (χ2v) is 6.92. The van der Waals surface area contributed by atoms with Crippen LogP contribution in [0.1, 0.15) is 22.8 Å². The number of nitrogens with zero attached hydrogens (tertiary/aromatic N) is 1. The summed E-state index contributed by atoms with van der Waals surface area (Å²) in [7, 11) is 1.58. The number of ether oxygens (including phenoxy) is 3. The van der Waals surface area contributed by atoms with E-state index in [9.17, 15) is 9.18 Å². The fourth-order valence-electron chi connectivity index (χ4n) is 2.91. The number of benzene rings is 2. The second kappa shape index (κ2) is 9.73. The molecule has 3 rings (SSSR count). The number of hydrogen-bond acceptors (Lipinski definition) is 6. The number of esters is 1. The van der Waals surface area contributed by atoms with Gasteiger partial charge in [0.25, 0.3) is 0 Å². The van der Waals surface area contributed by atoms with Crippen molar-refractivity contribution in [2.24, 2.45) is 0 Å². The average molecular weight is 433 g/mol. The number of aryl methyl sites for hydroxylation is 1. The Kier molecular flexibility index (Phi) is 7.07. The predicted molar refractivity (Wildman–Crippen MR) is 115 cm³/mol. The molecule has 0 aliphatic carbocycles. The summed E-state index contributed by atoms with van der Waals surface area (Å²) >= 11 is 6.40. The van der Waals surface area contributed by atoms with E-state index in [1.165, 1.54) is 12.3 Å². The molecule has 3 aromatic rings. The summed E-state index contributed by atoms with van der Waals surface area (Å²) in [6.07, 6.45) is 1.39. The third-order valence-corrected chi connectivity index (χ3v) is 4.64. The Hall–Kier alpha value is -2.90. The highest BCUT2D eigenvalue weighted by molar-refractivity contribution is 6.33. The van der Waals surface area contributed by atoms with E-state index in [4.69, 9.17) is 25.8 Å². The number of halogens is 2. The van der Waals surface area contributed by atoms with Crippen LogP contribution in [0.4, 0.5) is 15.8 Å². The minimum Gasteiger partial charge on any atom is -0.490 e. The molecular weight excluding hydrogens is 411 g/mol. The van der Waals surface area contributed by atoms with Gasteiger partial charge < -0.3 is 19.5 Å². The van der Waals surface area contributed by atoms with E-state index in [1.807, 2.05) is 6.92 Å². The molecule has 1 aromatic heterocycles. The van der Waals surface area contributed by atoms with Gasteiger partial charge in [-0.25, -0.2) is 9.18 Å². The topological polar surface area (TPSA) is 69.7 Å². The number of hydrogen-bond donors (Lipinski definition) is 1. The van der Waals surface area contributed by atoms with Crippen molar-refractivity contribution in [1.29, 1.82) is 0 Å². The first-order valence-corrected chi connectivity index (χ1v) is 9.76. The second-order valence-electron chi connectivity index (χ2n) is 6.52.